The van der Waals surface area contributed by atoms with Crippen LogP contribution in [-0.4, -0.2) is 37.7 Å². The Morgan fingerprint density at radius 2 is 1.74 bits per heavy atom. The van der Waals surface area contributed by atoms with Crippen LogP contribution in [0, 0.1) is 6.92 Å². The zero-order valence-electron chi connectivity index (χ0n) is 18.5. The maximum Gasteiger partial charge on any atom is 0.343 e. The van der Waals surface area contributed by atoms with Gasteiger partial charge in [0.1, 0.15) is 0 Å². The van der Waals surface area contributed by atoms with E-state index in [1.807, 2.05) is 19.1 Å². The molecule has 0 saturated carbocycles. The van der Waals surface area contributed by atoms with Gasteiger partial charge in [0.15, 0.2) is 11.5 Å². The van der Waals surface area contributed by atoms with Gasteiger partial charge in [-0.25, -0.2) is 10.2 Å². The van der Waals surface area contributed by atoms with Crippen LogP contribution < -0.4 is 20.2 Å². The summed E-state index contributed by atoms with van der Waals surface area (Å²) in [5, 5.41) is 6.78. The number of amides is 2. The van der Waals surface area contributed by atoms with Gasteiger partial charge in [-0.3, -0.25) is 9.59 Å². The molecule has 0 aliphatic rings. The summed E-state index contributed by atoms with van der Waals surface area (Å²) < 4.78 is 10.7. The fourth-order valence-corrected chi connectivity index (χ4v) is 3.00. The van der Waals surface area contributed by atoms with Crippen molar-refractivity contribution in [3.05, 3.63) is 94.0 Å². The Morgan fingerprint density at radius 3 is 2.44 bits per heavy atom. The van der Waals surface area contributed by atoms with E-state index in [9.17, 15) is 14.4 Å². The lowest BCUT2D eigenvalue weighted by atomic mass is 10.1. The number of hydrogen-bond acceptors (Lipinski definition) is 6. The highest BCUT2D eigenvalue weighted by Gasteiger charge is 2.13. The second-order valence-electron chi connectivity index (χ2n) is 7.15. The molecule has 0 saturated heterocycles. The van der Waals surface area contributed by atoms with E-state index in [1.54, 1.807) is 48.5 Å². The minimum Gasteiger partial charge on any atom is -0.493 e. The molecule has 3 aromatic carbocycles. The normalized spacial score (nSPS) is 10.6. The molecule has 9 heteroatoms. The molecule has 0 heterocycles. The molecule has 3 aromatic rings. The van der Waals surface area contributed by atoms with Crippen molar-refractivity contribution in [2.75, 3.05) is 13.7 Å². The molecule has 0 radical (unpaired) electrons. The monoisotopic (exact) mass is 479 g/mol. The van der Waals surface area contributed by atoms with Gasteiger partial charge in [-0.2, -0.15) is 5.10 Å². The van der Waals surface area contributed by atoms with Crippen LogP contribution in [0.4, 0.5) is 0 Å². The molecule has 3 rings (SSSR count). The number of nitrogens with one attached hydrogen (secondary N) is 2. The standard InChI is InChI=1S/C25H22ClN3O5/c1-16-6-9-18(10-7-16)25(32)34-21-11-8-17(12-22(21)33-2)14-28-29-23(30)15-27-24(31)19-4-3-5-20(26)13-19/h3-14H,15H2,1-2H3,(H,27,31)(H,29,30). The van der Waals surface area contributed by atoms with E-state index >= 15 is 0 Å². The molecule has 0 aliphatic heterocycles. The predicted octanol–water partition coefficient (Wildman–Crippen LogP) is 3.76. The molecular formula is C25H22ClN3O5. The predicted molar refractivity (Wildman–Crippen MR) is 129 cm³/mol. The fraction of sp³-hybridized carbons (Fsp3) is 0.120. The lowest BCUT2D eigenvalue weighted by Gasteiger charge is -2.10. The van der Waals surface area contributed by atoms with Crippen molar-refractivity contribution in [1.29, 1.82) is 0 Å². The molecule has 0 unspecified atom stereocenters. The highest BCUT2D eigenvalue weighted by Crippen LogP contribution is 2.28. The van der Waals surface area contributed by atoms with Gasteiger partial charge in [0.25, 0.3) is 11.8 Å². The number of halogens is 1. The third kappa shape index (κ3) is 6.91. The van der Waals surface area contributed by atoms with Crippen molar-refractivity contribution < 1.29 is 23.9 Å². The van der Waals surface area contributed by atoms with E-state index < -0.39 is 17.8 Å². The smallest absolute Gasteiger partial charge is 0.343 e. The quantitative estimate of drug-likeness (QED) is 0.221. The van der Waals surface area contributed by atoms with Crippen molar-refractivity contribution in [1.82, 2.24) is 10.7 Å². The largest absolute Gasteiger partial charge is 0.493 e. The zero-order chi connectivity index (χ0) is 24.5. The molecule has 34 heavy (non-hydrogen) atoms. The number of carbonyl (C=O) groups is 3. The summed E-state index contributed by atoms with van der Waals surface area (Å²) in [5.41, 5.74) is 4.72. The lowest BCUT2D eigenvalue weighted by molar-refractivity contribution is -0.120. The molecule has 0 spiro atoms. The van der Waals surface area contributed by atoms with E-state index in [0.29, 0.717) is 27.5 Å². The summed E-state index contributed by atoms with van der Waals surface area (Å²) >= 11 is 5.86. The zero-order valence-corrected chi connectivity index (χ0v) is 19.3. The van der Waals surface area contributed by atoms with Gasteiger partial charge in [-0.1, -0.05) is 35.4 Å². The number of aryl methyl sites for hydroxylation is 1. The number of hydrazone groups is 1. The van der Waals surface area contributed by atoms with Gasteiger partial charge in [0, 0.05) is 10.6 Å². The molecule has 8 nitrogen and oxygen atoms in total. The molecule has 0 atom stereocenters. The average Bonchev–Trinajstić information content (AvgIpc) is 2.83. The van der Waals surface area contributed by atoms with Crippen LogP contribution in [-0.2, 0) is 4.79 Å². The maximum atomic E-state index is 12.4. The summed E-state index contributed by atoms with van der Waals surface area (Å²) in [6, 6.07) is 18.2. The van der Waals surface area contributed by atoms with E-state index in [4.69, 9.17) is 21.1 Å². The molecule has 0 aliphatic carbocycles. The summed E-state index contributed by atoms with van der Waals surface area (Å²) in [6.45, 7) is 1.66. The number of benzene rings is 3. The Hall–Kier alpha value is -4.17. The van der Waals surface area contributed by atoms with Crippen molar-refractivity contribution in [2.24, 2.45) is 5.10 Å². The van der Waals surface area contributed by atoms with Crippen LogP contribution in [0.25, 0.3) is 0 Å². The molecular weight excluding hydrogens is 458 g/mol. The highest BCUT2D eigenvalue weighted by molar-refractivity contribution is 6.31. The van der Waals surface area contributed by atoms with Gasteiger partial charge in [0.05, 0.1) is 25.4 Å². The number of rotatable bonds is 8. The molecule has 0 fully saturated rings. The highest BCUT2D eigenvalue weighted by atomic mass is 35.5. The first kappa shape index (κ1) is 24.5. The molecule has 0 bridgehead atoms. The first-order valence-corrected chi connectivity index (χ1v) is 10.6. The van der Waals surface area contributed by atoms with Gasteiger partial charge in [-0.05, 0) is 61.0 Å². The lowest BCUT2D eigenvalue weighted by Crippen LogP contribution is -2.34. The number of nitrogens with zero attached hydrogens (tertiary/aromatic N) is 1. The second-order valence-corrected chi connectivity index (χ2v) is 7.59. The number of carbonyl (C=O) groups excluding carboxylic acids is 3. The first-order chi connectivity index (χ1) is 16.4. The number of methoxy groups -OCH3 is 1. The Bertz CT molecular complexity index is 1230. The topological polar surface area (TPSA) is 106 Å². The summed E-state index contributed by atoms with van der Waals surface area (Å²) in [4.78, 5) is 36.3. The Morgan fingerprint density at radius 1 is 0.971 bits per heavy atom. The Labute approximate surface area is 201 Å². The number of esters is 1. The van der Waals surface area contributed by atoms with Gasteiger partial charge in [0.2, 0.25) is 0 Å². The number of hydrogen-bond donors (Lipinski definition) is 2. The van der Waals surface area contributed by atoms with Crippen molar-refractivity contribution in [3.63, 3.8) is 0 Å². The molecule has 2 amide bonds. The van der Waals surface area contributed by atoms with Gasteiger partial charge < -0.3 is 14.8 Å². The van der Waals surface area contributed by atoms with Crippen LogP contribution >= 0.6 is 11.6 Å². The summed E-state index contributed by atoms with van der Waals surface area (Å²) in [7, 11) is 1.45. The van der Waals surface area contributed by atoms with Crippen LogP contribution in [0.15, 0.2) is 71.8 Å². The van der Waals surface area contributed by atoms with Crippen LogP contribution in [0.2, 0.25) is 5.02 Å². The molecule has 174 valence electrons. The van der Waals surface area contributed by atoms with Crippen molar-refractivity contribution >= 4 is 35.6 Å². The second kappa shape index (κ2) is 11.6. The summed E-state index contributed by atoms with van der Waals surface area (Å²) in [6.07, 6.45) is 1.39. The van der Waals surface area contributed by atoms with Gasteiger partial charge >= 0.3 is 5.97 Å². The maximum absolute atomic E-state index is 12.4. The third-order valence-corrected chi connectivity index (χ3v) is 4.81. The van der Waals surface area contributed by atoms with Crippen molar-refractivity contribution in [2.45, 2.75) is 6.92 Å². The molecule has 0 aromatic heterocycles. The van der Waals surface area contributed by atoms with Crippen LogP contribution in [0.5, 0.6) is 11.5 Å². The minimum atomic E-state index is -0.512. The minimum absolute atomic E-state index is 0.248. The number of ether oxygens (including phenoxy) is 2. The first-order valence-electron chi connectivity index (χ1n) is 10.2. The SMILES string of the molecule is COc1cc(C=NNC(=O)CNC(=O)c2cccc(Cl)c2)ccc1OC(=O)c1ccc(C)cc1. The Balaban J connectivity index is 1.54. The summed E-state index contributed by atoms with van der Waals surface area (Å²) in [5.74, 6) is -0.876. The van der Waals surface area contributed by atoms with E-state index in [2.05, 4.69) is 15.8 Å². The Kier molecular flexibility index (Phi) is 8.37. The molecule has 2 N–H and O–H groups in total. The average molecular weight is 480 g/mol. The van der Waals surface area contributed by atoms with Crippen LogP contribution in [0.1, 0.15) is 31.8 Å². The van der Waals surface area contributed by atoms with E-state index in [0.717, 1.165) is 5.56 Å². The fourth-order valence-electron chi connectivity index (χ4n) is 2.81. The van der Waals surface area contributed by atoms with E-state index in [1.165, 1.54) is 19.4 Å². The third-order valence-electron chi connectivity index (χ3n) is 4.58. The van der Waals surface area contributed by atoms with Crippen LogP contribution in [0.3, 0.4) is 0 Å². The van der Waals surface area contributed by atoms with Gasteiger partial charge in [-0.15, -0.1) is 0 Å². The van der Waals surface area contributed by atoms with Crippen molar-refractivity contribution in [3.8, 4) is 11.5 Å². The van der Waals surface area contributed by atoms with E-state index in [-0.39, 0.29) is 12.3 Å².